The number of hydrogen-bond acceptors (Lipinski definition) is 4. The average Bonchev–Trinajstić information content (AvgIpc) is 2.85. The Hall–Kier alpha value is -2.72. The summed E-state index contributed by atoms with van der Waals surface area (Å²) in [5, 5.41) is 18.4. The molecule has 4 heteroatoms. The maximum Gasteiger partial charge on any atom is 0.160 e. The van der Waals surface area contributed by atoms with E-state index in [-0.39, 0.29) is 23.1 Å². The summed E-state index contributed by atoms with van der Waals surface area (Å²) in [6, 6.07) is 9.46. The highest BCUT2D eigenvalue weighted by atomic mass is 16.2. The third-order valence-electron chi connectivity index (χ3n) is 5.03. The molecule has 23 heavy (non-hydrogen) atoms. The van der Waals surface area contributed by atoms with Crippen molar-refractivity contribution < 1.29 is 9.59 Å². The molecule has 0 bridgehead atoms. The van der Waals surface area contributed by atoms with E-state index in [1.807, 2.05) is 37.3 Å². The summed E-state index contributed by atoms with van der Waals surface area (Å²) < 4.78 is 0. The normalized spacial score (nSPS) is 22.1. The van der Waals surface area contributed by atoms with Crippen LogP contribution in [0.3, 0.4) is 0 Å². The molecular weight excluding hydrogens is 288 g/mol. The lowest BCUT2D eigenvalue weighted by Gasteiger charge is -2.38. The minimum Gasteiger partial charge on any atom is -0.297 e. The molecule has 1 fully saturated rings. The minimum absolute atomic E-state index is 0.0696. The first-order chi connectivity index (χ1) is 10.8. The Morgan fingerprint density at radius 2 is 1.78 bits per heavy atom. The first-order valence-corrected chi connectivity index (χ1v) is 7.59. The van der Waals surface area contributed by atoms with Gasteiger partial charge in [0.15, 0.2) is 11.6 Å². The molecule has 2 aliphatic rings. The van der Waals surface area contributed by atoms with Gasteiger partial charge in [-0.2, -0.15) is 10.5 Å². The smallest absolute Gasteiger partial charge is 0.160 e. The predicted octanol–water partition coefficient (Wildman–Crippen LogP) is 2.94. The van der Waals surface area contributed by atoms with E-state index >= 15 is 0 Å². The highest BCUT2D eigenvalue weighted by Crippen LogP contribution is 2.46. The van der Waals surface area contributed by atoms with Crippen LogP contribution in [0, 0.1) is 34.0 Å². The number of carbonyl (C=O) groups excluding carboxylic acids is 2. The maximum atomic E-state index is 12.2. The van der Waals surface area contributed by atoms with E-state index in [1.165, 1.54) is 0 Å². The zero-order chi connectivity index (χ0) is 16.9. The SMILES string of the molecule is CC1Cc2ccc(C3C(=O)C(C)(C)C3=O)cc2C1=C(C#N)C#N. The van der Waals surface area contributed by atoms with Crippen LogP contribution in [-0.4, -0.2) is 11.6 Å². The predicted molar refractivity (Wildman–Crippen MR) is 84.0 cm³/mol. The largest absolute Gasteiger partial charge is 0.297 e. The molecule has 3 rings (SSSR count). The van der Waals surface area contributed by atoms with Gasteiger partial charge < -0.3 is 0 Å². The molecule has 0 aliphatic heterocycles. The van der Waals surface area contributed by atoms with Gasteiger partial charge in [0, 0.05) is 0 Å². The highest BCUT2D eigenvalue weighted by molar-refractivity contribution is 6.30. The first-order valence-electron chi connectivity index (χ1n) is 7.59. The molecule has 4 nitrogen and oxygen atoms in total. The number of hydrogen-bond donors (Lipinski definition) is 0. The quantitative estimate of drug-likeness (QED) is 0.590. The Kier molecular flexibility index (Phi) is 3.23. The summed E-state index contributed by atoms with van der Waals surface area (Å²) in [7, 11) is 0. The van der Waals surface area contributed by atoms with Crippen molar-refractivity contribution in [1.29, 1.82) is 10.5 Å². The number of ketones is 2. The number of allylic oxidation sites excluding steroid dienone is 2. The molecule has 0 aromatic heterocycles. The topological polar surface area (TPSA) is 81.7 Å². The van der Waals surface area contributed by atoms with Gasteiger partial charge in [0.2, 0.25) is 0 Å². The fraction of sp³-hybridized carbons (Fsp3) is 0.368. The first kappa shape index (κ1) is 15.2. The van der Waals surface area contributed by atoms with Gasteiger partial charge in [0.1, 0.15) is 23.6 Å². The molecule has 0 amide bonds. The van der Waals surface area contributed by atoms with E-state index in [1.54, 1.807) is 13.8 Å². The highest BCUT2D eigenvalue weighted by Gasteiger charge is 2.56. The second-order valence-corrected chi connectivity index (χ2v) is 6.82. The molecule has 114 valence electrons. The van der Waals surface area contributed by atoms with Gasteiger partial charge in [0.05, 0.1) is 5.41 Å². The van der Waals surface area contributed by atoms with Crippen molar-refractivity contribution >= 4 is 17.1 Å². The molecule has 0 saturated heterocycles. The van der Waals surface area contributed by atoms with Crippen molar-refractivity contribution in [3.63, 3.8) is 0 Å². The van der Waals surface area contributed by atoms with Crippen LogP contribution in [0.5, 0.6) is 0 Å². The van der Waals surface area contributed by atoms with E-state index in [4.69, 9.17) is 0 Å². The second-order valence-electron chi connectivity index (χ2n) is 6.82. The average molecular weight is 304 g/mol. The third-order valence-corrected chi connectivity index (χ3v) is 5.03. The standard InChI is InChI=1S/C19H16N2O2/c1-10-6-11-4-5-12(16-17(22)19(2,3)18(16)23)7-14(11)15(10)13(8-20)9-21/h4-5,7,10,16H,6H2,1-3H3. The van der Waals surface area contributed by atoms with Gasteiger partial charge in [-0.25, -0.2) is 0 Å². The van der Waals surface area contributed by atoms with E-state index in [2.05, 4.69) is 0 Å². The van der Waals surface area contributed by atoms with Crippen LogP contribution in [0.25, 0.3) is 5.57 Å². The lowest BCUT2D eigenvalue weighted by molar-refractivity contribution is -0.153. The van der Waals surface area contributed by atoms with Crippen molar-refractivity contribution in [3.8, 4) is 12.1 Å². The van der Waals surface area contributed by atoms with Gasteiger partial charge in [-0.3, -0.25) is 9.59 Å². The molecule has 0 N–H and O–H groups in total. The molecule has 1 aromatic carbocycles. The Bertz CT molecular complexity index is 828. The van der Waals surface area contributed by atoms with Crippen LogP contribution < -0.4 is 0 Å². The summed E-state index contributed by atoms with van der Waals surface area (Å²) in [5.74, 6) is -0.765. The van der Waals surface area contributed by atoms with Crippen molar-refractivity contribution in [2.24, 2.45) is 11.3 Å². The number of rotatable bonds is 1. The second kappa shape index (κ2) is 4.89. The van der Waals surface area contributed by atoms with Crippen molar-refractivity contribution in [1.82, 2.24) is 0 Å². The summed E-state index contributed by atoms with van der Waals surface area (Å²) in [6.07, 6.45) is 0.760. The van der Waals surface area contributed by atoms with Crippen LogP contribution in [0.4, 0.5) is 0 Å². The van der Waals surface area contributed by atoms with E-state index in [0.717, 1.165) is 23.1 Å². The van der Waals surface area contributed by atoms with Crippen molar-refractivity contribution in [3.05, 3.63) is 40.5 Å². The van der Waals surface area contributed by atoms with Gasteiger partial charge in [-0.1, -0.05) is 19.1 Å². The Morgan fingerprint density at radius 1 is 1.17 bits per heavy atom. The Labute approximate surface area is 135 Å². The molecule has 0 heterocycles. The fourth-order valence-electron chi connectivity index (χ4n) is 3.61. The molecule has 1 atom stereocenters. The number of Topliss-reactive ketones (excluding diaryl/α,β-unsaturated/α-hetero) is 2. The van der Waals surface area contributed by atoms with Crippen LogP contribution in [0.2, 0.25) is 0 Å². The molecule has 0 radical (unpaired) electrons. The van der Waals surface area contributed by atoms with E-state index in [9.17, 15) is 20.1 Å². The van der Waals surface area contributed by atoms with E-state index in [0.29, 0.717) is 5.56 Å². The zero-order valence-electron chi connectivity index (χ0n) is 13.3. The summed E-state index contributed by atoms with van der Waals surface area (Å²) in [6.45, 7) is 5.28. The number of fused-ring (bicyclic) bond motifs is 1. The Morgan fingerprint density at radius 3 is 2.35 bits per heavy atom. The van der Waals surface area contributed by atoms with Gasteiger partial charge in [-0.15, -0.1) is 0 Å². The fourth-order valence-corrected chi connectivity index (χ4v) is 3.61. The molecular formula is C19H16N2O2. The zero-order valence-corrected chi connectivity index (χ0v) is 13.3. The number of nitriles is 2. The third kappa shape index (κ3) is 1.95. The lowest BCUT2D eigenvalue weighted by Crippen LogP contribution is -2.53. The lowest BCUT2D eigenvalue weighted by atomic mass is 9.59. The van der Waals surface area contributed by atoms with Crippen molar-refractivity contribution in [2.45, 2.75) is 33.1 Å². The molecule has 0 spiro atoms. The summed E-state index contributed by atoms with van der Waals surface area (Å²) >= 11 is 0. The molecule has 1 saturated carbocycles. The number of nitrogens with zero attached hydrogens (tertiary/aromatic N) is 2. The van der Waals surface area contributed by atoms with Crippen LogP contribution >= 0.6 is 0 Å². The van der Waals surface area contributed by atoms with Crippen LogP contribution in [-0.2, 0) is 16.0 Å². The van der Waals surface area contributed by atoms with E-state index < -0.39 is 11.3 Å². The monoisotopic (exact) mass is 304 g/mol. The maximum absolute atomic E-state index is 12.2. The summed E-state index contributed by atoms with van der Waals surface area (Å²) in [5.41, 5.74) is 2.49. The van der Waals surface area contributed by atoms with Crippen LogP contribution in [0.15, 0.2) is 23.8 Å². The van der Waals surface area contributed by atoms with Gasteiger partial charge in [-0.05, 0) is 54.5 Å². The molecule has 2 aliphatic carbocycles. The Balaban J connectivity index is 2.11. The number of benzene rings is 1. The minimum atomic E-state index is -0.903. The number of carbonyl (C=O) groups is 2. The van der Waals surface area contributed by atoms with Gasteiger partial charge >= 0.3 is 0 Å². The summed E-state index contributed by atoms with van der Waals surface area (Å²) in [4.78, 5) is 24.5. The van der Waals surface area contributed by atoms with Crippen molar-refractivity contribution in [2.75, 3.05) is 0 Å². The van der Waals surface area contributed by atoms with Gasteiger partial charge in [0.25, 0.3) is 0 Å². The van der Waals surface area contributed by atoms with Crippen LogP contribution in [0.1, 0.15) is 43.4 Å². The molecule has 1 aromatic rings. The molecule has 1 unspecified atom stereocenters.